The van der Waals surface area contributed by atoms with Gasteiger partial charge in [0, 0.05) is 49.2 Å². The molecule has 2 aromatic rings. The normalized spacial score (nSPS) is 22.2. The van der Waals surface area contributed by atoms with Crippen LogP contribution >= 0.6 is 0 Å². The second-order valence-corrected chi connectivity index (χ2v) is 8.13. The van der Waals surface area contributed by atoms with Crippen LogP contribution in [0.25, 0.3) is 0 Å². The molecule has 2 aliphatic heterocycles. The number of likely N-dealkylation sites (tertiary alicyclic amines) is 1. The zero-order valence-electron chi connectivity index (χ0n) is 16.3. The van der Waals surface area contributed by atoms with Crippen molar-refractivity contribution in [2.45, 2.75) is 44.8 Å². The minimum atomic E-state index is -4.14. The summed E-state index contributed by atoms with van der Waals surface area (Å²) in [4.78, 5) is 8.36. The first-order chi connectivity index (χ1) is 13.3. The SMILES string of the molecule is Cc1ccc2c(c1)C1CN(CC(F)(F)F)CCC1N2CCc1ccc(C)nc1. The minimum Gasteiger partial charge on any atom is -0.367 e. The molecule has 2 aliphatic rings. The van der Waals surface area contributed by atoms with Crippen molar-refractivity contribution in [3.63, 3.8) is 0 Å². The monoisotopic (exact) mass is 389 g/mol. The summed E-state index contributed by atoms with van der Waals surface area (Å²) in [5, 5.41) is 0. The zero-order chi connectivity index (χ0) is 19.9. The van der Waals surface area contributed by atoms with Crippen LogP contribution in [0.2, 0.25) is 0 Å². The van der Waals surface area contributed by atoms with Crippen molar-refractivity contribution >= 4 is 5.69 Å². The van der Waals surface area contributed by atoms with Crippen molar-refractivity contribution in [2.75, 3.05) is 31.1 Å². The summed E-state index contributed by atoms with van der Waals surface area (Å²) in [6.07, 6.45) is -0.569. The van der Waals surface area contributed by atoms with Crippen molar-refractivity contribution in [1.29, 1.82) is 0 Å². The van der Waals surface area contributed by atoms with E-state index in [2.05, 4.69) is 34.1 Å². The summed E-state index contributed by atoms with van der Waals surface area (Å²) >= 11 is 0. The van der Waals surface area contributed by atoms with Gasteiger partial charge in [0.15, 0.2) is 0 Å². The van der Waals surface area contributed by atoms with Crippen LogP contribution in [-0.4, -0.2) is 48.3 Å². The highest BCUT2D eigenvalue weighted by molar-refractivity contribution is 5.63. The highest BCUT2D eigenvalue weighted by atomic mass is 19.4. The molecule has 0 spiro atoms. The molecule has 1 saturated heterocycles. The fraction of sp³-hybridized carbons (Fsp3) is 0.500. The summed E-state index contributed by atoms with van der Waals surface area (Å²) in [6.45, 7) is 5.04. The maximum absolute atomic E-state index is 12.9. The average Bonchev–Trinajstić information content (AvgIpc) is 2.92. The summed E-state index contributed by atoms with van der Waals surface area (Å²) in [7, 11) is 0. The van der Waals surface area contributed by atoms with Gasteiger partial charge in [-0.15, -0.1) is 0 Å². The molecule has 0 radical (unpaired) electrons. The third kappa shape index (κ3) is 4.02. The first-order valence-corrected chi connectivity index (χ1v) is 9.88. The van der Waals surface area contributed by atoms with Crippen molar-refractivity contribution in [3.8, 4) is 0 Å². The number of aromatic nitrogens is 1. The molecule has 1 aromatic carbocycles. The third-order valence-corrected chi connectivity index (χ3v) is 5.97. The Hall–Kier alpha value is -2.08. The Kier molecular flexibility index (Phi) is 5.08. The molecule has 0 aliphatic carbocycles. The standard InChI is InChI=1S/C22H26F3N3/c1-15-3-6-20-18(11-15)19-13-27(14-22(23,24)25)9-8-21(19)28(20)10-7-17-5-4-16(2)26-12-17/h3-6,11-12,19,21H,7-10,13-14H2,1-2H3. The van der Waals surface area contributed by atoms with Crippen molar-refractivity contribution < 1.29 is 13.2 Å². The predicted octanol–water partition coefficient (Wildman–Crippen LogP) is 4.48. The van der Waals surface area contributed by atoms with Crippen LogP contribution in [-0.2, 0) is 6.42 Å². The molecule has 1 aromatic heterocycles. The number of hydrogen-bond acceptors (Lipinski definition) is 3. The molecule has 0 saturated carbocycles. The molecular weight excluding hydrogens is 363 g/mol. The number of rotatable bonds is 4. The van der Waals surface area contributed by atoms with Crippen LogP contribution in [0.4, 0.5) is 18.9 Å². The van der Waals surface area contributed by atoms with Crippen LogP contribution < -0.4 is 4.90 Å². The zero-order valence-corrected chi connectivity index (χ0v) is 16.3. The fourth-order valence-electron chi connectivity index (χ4n) is 4.68. The van der Waals surface area contributed by atoms with Gasteiger partial charge in [-0.3, -0.25) is 9.88 Å². The van der Waals surface area contributed by atoms with E-state index in [-0.39, 0.29) is 12.0 Å². The third-order valence-electron chi connectivity index (χ3n) is 5.97. The number of piperidine rings is 1. The number of nitrogens with zero attached hydrogens (tertiary/aromatic N) is 3. The number of hydrogen-bond donors (Lipinski definition) is 0. The summed E-state index contributed by atoms with van der Waals surface area (Å²) in [5.74, 6) is 0.141. The van der Waals surface area contributed by atoms with E-state index in [9.17, 15) is 13.2 Å². The van der Waals surface area contributed by atoms with E-state index in [4.69, 9.17) is 0 Å². The van der Waals surface area contributed by atoms with Crippen LogP contribution in [0, 0.1) is 13.8 Å². The molecule has 4 rings (SSSR count). The lowest BCUT2D eigenvalue weighted by Crippen LogP contribution is -2.49. The van der Waals surface area contributed by atoms with Crippen LogP contribution in [0.3, 0.4) is 0 Å². The number of fused-ring (bicyclic) bond motifs is 3. The maximum Gasteiger partial charge on any atom is 0.401 e. The fourth-order valence-corrected chi connectivity index (χ4v) is 4.68. The molecule has 0 bridgehead atoms. The second kappa shape index (κ2) is 7.39. The van der Waals surface area contributed by atoms with Gasteiger partial charge in [-0.2, -0.15) is 13.2 Å². The molecule has 2 unspecified atom stereocenters. The molecular formula is C22H26F3N3. The number of alkyl halides is 3. The van der Waals surface area contributed by atoms with Crippen LogP contribution in [0.15, 0.2) is 36.5 Å². The number of aryl methyl sites for hydroxylation is 2. The molecule has 3 nitrogen and oxygen atoms in total. The van der Waals surface area contributed by atoms with Gasteiger partial charge in [0.2, 0.25) is 0 Å². The smallest absolute Gasteiger partial charge is 0.367 e. The van der Waals surface area contributed by atoms with Gasteiger partial charge in [0.05, 0.1) is 6.54 Å². The van der Waals surface area contributed by atoms with Crippen molar-refractivity contribution in [2.24, 2.45) is 0 Å². The van der Waals surface area contributed by atoms with E-state index in [1.54, 1.807) is 4.90 Å². The van der Waals surface area contributed by atoms with Gasteiger partial charge in [-0.1, -0.05) is 23.8 Å². The van der Waals surface area contributed by atoms with Gasteiger partial charge in [-0.05, 0) is 49.9 Å². The second-order valence-electron chi connectivity index (χ2n) is 8.13. The predicted molar refractivity (Wildman–Crippen MR) is 105 cm³/mol. The van der Waals surface area contributed by atoms with Gasteiger partial charge in [0.25, 0.3) is 0 Å². The molecule has 1 fully saturated rings. The first-order valence-electron chi connectivity index (χ1n) is 9.88. The van der Waals surface area contributed by atoms with Gasteiger partial charge in [-0.25, -0.2) is 0 Å². The molecule has 150 valence electrons. The van der Waals surface area contributed by atoms with E-state index >= 15 is 0 Å². The minimum absolute atomic E-state index is 0.141. The average molecular weight is 389 g/mol. The van der Waals surface area contributed by atoms with E-state index in [1.165, 1.54) is 16.8 Å². The molecule has 6 heteroatoms. The quantitative estimate of drug-likeness (QED) is 0.769. The molecule has 3 heterocycles. The first kappa shape index (κ1) is 19.2. The van der Waals surface area contributed by atoms with Crippen molar-refractivity contribution in [1.82, 2.24) is 9.88 Å². The number of halogens is 3. The van der Waals surface area contributed by atoms with Crippen LogP contribution in [0.1, 0.15) is 34.7 Å². The van der Waals surface area contributed by atoms with Crippen LogP contribution in [0.5, 0.6) is 0 Å². The summed E-state index contributed by atoms with van der Waals surface area (Å²) in [6, 6.07) is 10.8. The molecule has 2 atom stereocenters. The molecule has 0 amide bonds. The lowest BCUT2D eigenvalue weighted by Gasteiger charge is -2.39. The van der Waals surface area contributed by atoms with Crippen molar-refractivity contribution in [3.05, 3.63) is 58.9 Å². The highest BCUT2D eigenvalue weighted by Gasteiger charge is 2.43. The summed E-state index contributed by atoms with van der Waals surface area (Å²) in [5.41, 5.74) is 5.75. The number of anilines is 1. The number of benzene rings is 1. The Morgan fingerprint density at radius 2 is 1.96 bits per heavy atom. The van der Waals surface area contributed by atoms with E-state index in [0.717, 1.165) is 30.6 Å². The molecule has 0 N–H and O–H groups in total. The molecule has 28 heavy (non-hydrogen) atoms. The lowest BCUT2D eigenvalue weighted by molar-refractivity contribution is -0.148. The van der Waals surface area contributed by atoms with E-state index in [0.29, 0.717) is 13.1 Å². The lowest BCUT2D eigenvalue weighted by atomic mass is 9.88. The number of pyridine rings is 1. The van der Waals surface area contributed by atoms with E-state index < -0.39 is 12.7 Å². The highest BCUT2D eigenvalue weighted by Crippen LogP contribution is 2.45. The Balaban J connectivity index is 1.54. The van der Waals surface area contributed by atoms with Gasteiger partial charge in [0.1, 0.15) is 0 Å². The van der Waals surface area contributed by atoms with E-state index in [1.807, 2.05) is 26.1 Å². The van der Waals surface area contributed by atoms with Gasteiger partial charge >= 0.3 is 6.18 Å². The maximum atomic E-state index is 12.9. The van der Waals surface area contributed by atoms with Gasteiger partial charge < -0.3 is 4.90 Å². The Bertz CT molecular complexity index is 832. The topological polar surface area (TPSA) is 19.4 Å². The Morgan fingerprint density at radius 1 is 1.14 bits per heavy atom. The summed E-state index contributed by atoms with van der Waals surface area (Å²) < 4.78 is 38.7. The largest absolute Gasteiger partial charge is 0.401 e. The Morgan fingerprint density at radius 3 is 2.68 bits per heavy atom. The Labute approximate surface area is 164 Å².